The monoisotopic (exact) mass is 346 g/mol. The first-order valence-electron chi connectivity index (χ1n) is 8.32. The first kappa shape index (κ1) is 18.6. The number of sulfonamides is 1. The summed E-state index contributed by atoms with van der Waals surface area (Å²) in [5.74, 6) is 0. The van der Waals surface area contributed by atoms with Crippen molar-refractivity contribution in [2.24, 2.45) is 0 Å². The molecule has 130 valence electrons. The van der Waals surface area contributed by atoms with E-state index in [1.54, 1.807) is 12.1 Å². The molecule has 24 heavy (non-hydrogen) atoms. The van der Waals surface area contributed by atoms with E-state index in [2.05, 4.69) is 21.8 Å². The summed E-state index contributed by atoms with van der Waals surface area (Å²) in [6.07, 6.45) is 1.68. The highest BCUT2D eigenvalue weighted by Gasteiger charge is 2.12. The minimum absolute atomic E-state index is 0.331. The van der Waals surface area contributed by atoms with Crippen LogP contribution in [0.1, 0.15) is 24.5 Å². The lowest BCUT2D eigenvalue weighted by Gasteiger charge is -2.16. The molecule has 0 saturated heterocycles. The molecule has 0 unspecified atom stereocenters. The molecule has 0 radical (unpaired) electrons. The highest BCUT2D eigenvalue weighted by Crippen LogP contribution is 2.11. The Labute approximate surface area is 145 Å². The normalized spacial score (nSPS) is 11.8. The third-order valence-electron chi connectivity index (χ3n) is 3.95. The second-order valence-electron chi connectivity index (χ2n) is 5.97. The number of nitrogens with one attached hydrogen (secondary N) is 1. The number of benzene rings is 2. The van der Waals surface area contributed by atoms with E-state index >= 15 is 0 Å². The number of hydrogen-bond donors (Lipinski definition) is 1. The van der Waals surface area contributed by atoms with Gasteiger partial charge in [0.05, 0.1) is 4.90 Å². The van der Waals surface area contributed by atoms with Crippen molar-refractivity contribution in [3.63, 3.8) is 0 Å². The van der Waals surface area contributed by atoms with E-state index in [1.807, 2.05) is 44.3 Å². The van der Waals surface area contributed by atoms with E-state index in [0.717, 1.165) is 31.5 Å². The van der Waals surface area contributed by atoms with Gasteiger partial charge in [0.2, 0.25) is 10.0 Å². The molecule has 0 fully saturated rings. The third-order valence-corrected chi connectivity index (χ3v) is 5.42. The van der Waals surface area contributed by atoms with Crippen molar-refractivity contribution in [2.75, 3.05) is 20.1 Å². The maximum absolute atomic E-state index is 12.2. The smallest absolute Gasteiger partial charge is 0.240 e. The maximum atomic E-state index is 12.2. The zero-order valence-electron chi connectivity index (χ0n) is 14.4. The molecule has 0 aromatic heterocycles. The zero-order chi connectivity index (χ0) is 17.4. The molecule has 0 saturated carbocycles. The van der Waals surface area contributed by atoms with Gasteiger partial charge in [-0.1, -0.05) is 49.4 Å². The van der Waals surface area contributed by atoms with E-state index in [1.165, 1.54) is 5.56 Å². The predicted octanol–water partition coefficient (Wildman–Crippen LogP) is 3.05. The number of aryl methyl sites for hydroxylation is 1. The average molecular weight is 346 g/mol. The maximum Gasteiger partial charge on any atom is 0.240 e. The molecule has 0 atom stereocenters. The SMILES string of the molecule is CCc1ccc(S(=O)(=O)NCCCN(C)Cc2ccccc2)cc1. The quantitative estimate of drug-likeness (QED) is 0.710. The molecule has 2 aromatic carbocycles. The van der Waals surface area contributed by atoms with Gasteiger partial charge >= 0.3 is 0 Å². The molecule has 0 aliphatic rings. The number of rotatable bonds is 9. The number of hydrogen-bond acceptors (Lipinski definition) is 3. The van der Waals surface area contributed by atoms with Crippen LogP contribution in [0.4, 0.5) is 0 Å². The van der Waals surface area contributed by atoms with Crippen molar-refractivity contribution in [2.45, 2.75) is 31.2 Å². The van der Waals surface area contributed by atoms with Crippen LogP contribution in [0.5, 0.6) is 0 Å². The summed E-state index contributed by atoms with van der Waals surface area (Å²) >= 11 is 0. The molecule has 1 N–H and O–H groups in total. The molecule has 0 aliphatic carbocycles. The molecule has 0 bridgehead atoms. The van der Waals surface area contributed by atoms with Gasteiger partial charge in [0.25, 0.3) is 0 Å². The van der Waals surface area contributed by atoms with Crippen molar-refractivity contribution >= 4 is 10.0 Å². The van der Waals surface area contributed by atoms with Crippen molar-refractivity contribution in [3.05, 3.63) is 65.7 Å². The van der Waals surface area contributed by atoms with Crippen LogP contribution in [0.3, 0.4) is 0 Å². The third kappa shape index (κ3) is 5.74. The summed E-state index contributed by atoms with van der Waals surface area (Å²) in [5, 5.41) is 0. The Balaban J connectivity index is 1.76. The molecule has 0 heterocycles. The molecule has 0 spiro atoms. The fraction of sp³-hybridized carbons (Fsp3) is 0.368. The van der Waals surface area contributed by atoms with Crippen molar-refractivity contribution in [1.29, 1.82) is 0 Å². The van der Waals surface area contributed by atoms with Crippen LogP contribution in [-0.2, 0) is 23.0 Å². The van der Waals surface area contributed by atoms with Crippen molar-refractivity contribution in [3.8, 4) is 0 Å². The zero-order valence-corrected chi connectivity index (χ0v) is 15.2. The largest absolute Gasteiger partial charge is 0.302 e. The van der Waals surface area contributed by atoms with Gasteiger partial charge in [-0.3, -0.25) is 0 Å². The van der Waals surface area contributed by atoms with Gasteiger partial charge in [0, 0.05) is 13.1 Å². The Morgan fingerprint density at radius 1 is 0.958 bits per heavy atom. The van der Waals surface area contributed by atoms with Crippen LogP contribution in [0.15, 0.2) is 59.5 Å². The minimum atomic E-state index is -3.41. The summed E-state index contributed by atoms with van der Waals surface area (Å²) in [4.78, 5) is 2.52. The van der Waals surface area contributed by atoms with E-state index in [4.69, 9.17) is 0 Å². The van der Waals surface area contributed by atoms with E-state index < -0.39 is 10.0 Å². The Morgan fingerprint density at radius 2 is 1.62 bits per heavy atom. The molecule has 4 nitrogen and oxygen atoms in total. The first-order valence-corrected chi connectivity index (χ1v) is 9.80. The topological polar surface area (TPSA) is 49.4 Å². The molecule has 0 amide bonds. The van der Waals surface area contributed by atoms with Crippen LogP contribution in [0.2, 0.25) is 0 Å². The fourth-order valence-corrected chi connectivity index (χ4v) is 3.59. The lowest BCUT2D eigenvalue weighted by Crippen LogP contribution is -2.28. The van der Waals surface area contributed by atoms with E-state index in [0.29, 0.717) is 11.4 Å². The molecule has 0 aliphatic heterocycles. The Morgan fingerprint density at radius 3 is 2.25 bits per heavy atom. The predicted molar refractivity (Wildman–Crippen MR) is 98.4 cm³/mol. The highest BCUT2D eigenvalue weighted by molar-refractivity contribution is 7.89. The van der Waals surface area contributed by atoms with Crippen LogP contribution in [0, 0.1) is 0 Å². The molecule has 5 heteroatoms. The van der Waals surface area contributed by atoms with Crippen LogP contribution in [0.25, 0.3) is 0 Å². The van der Waals surface area contributed by atoms with E-state index in [9.17, 15) is 8.42 Å². The van der Waals surface area contributed by atoms with Gasteiger partial charge in [0.15, 0.2) is 0 Å². The molecule has 2 rings (SSSR count). The van der Waals surface area contributed by atoms with Gasteiger partial charge in [-0.15, -0.1) is 0 Å². The Bertz CT molecular complexity index is 713. The second kappa shape index (κ2) is 8.97. The van der Waals surface area contributed by atoms with Crippen LogP contribution in [-0.4, -0.2) is 33.5 Å². The average Bonchev–Trinajstić information content (AvgIpc) is 2.60. The standard InChI is InChI=1S/C19H26N2O2S/c1-3-17-10-12-19(13-11-17)24(22,23)20-14-7-15-21(2)16-18-8-5-4-6-9-18/h4-6,8-13,20H,3,7,14-16H2,1-2H3. The van der Waals surface area contributed by atoms with Gasteiger partial charge < -0.3 is 4.90 Å². The van der Waals surface area contributed by atoms with Gasteiger partial charge in [-0.25, -0.2) is 13.1 Å². The Hall–Kier alpha value is -1.69. The minimum Gasteiger partial charge on any atom is -0.302 e. The molecule has 2 aromatic rings. The van der Waals surface area contributed by atoms with Crippen LogP contribution >= 0.6 is 0 Å². The summed E-state index contributed by atoms with van der Waals surface area (Å²) in [6, 6.07) is 17.3. The summed E-state index contributed by atoms with van der Waals surface area (Å²) in [6.45, 7) is 4.20. The first-order chi connectivity index (χ1) is 11.5. The van der Waals surface area contributed by atoms with Crippen molar-refractivity contribution in [1.82, 2.24) is 9.62 Å². The van der Waals surface area contributed by atoms with Crippen LogP contribution < -0.4 is 4.72 Å². The Kier molecular flexibility index (Phi) is 6.97. The van der Waals surface area contributed by atoms with Gasteiger partial charge in [0.1, 0.15) is 0 Å². The highest BCUT2D eigenvalue weighted by atomic mass is 32.2. The summed E-state index contributed by atoms with van der Waals surface area (Å²) in [5.41, 5.74) is 2.40. The summed E-state index contributed by atoms with van der Waals surface area (Å²) in [7, 11) is -1.36. The second-order valence-corrected chi connectivity index (χ2v) is 7.74. The van der Waals surface area contributed by atoms with Gasteiger partial charge in [-0.05, 0) is 49.7 Å². The molecular weight excluding hydrogens is 320 g/mol. The lowest BCUT2D eigenvalue weighted by molar-refractivity contribution is 0.322. The fourth-order valence-electron chi connectivity index (χ4n) is 2.52. The lowest BCUT2D eigenvalue weighted by atomic mass is 10.2. The van der Waals surface area contributed by atoms with E-state index in [-0.39, 0.29) is 0 Å². The van der Waals surface area contributed by atoms with Gasteiger partial charge in [-0.2, -0.15) is 0 Å². The molecular formula is C19H26N2O2S. The van der Waals surface area contributed by atoms with Crippen molar-refractivity contribution < 1.29 is 8.42 Å². The number of nitrogens with zero attached hydrogens (tertiary/aromatic N) is 1. The summed E-state index contributed by atoms with van der Waals surface area (Å²) < 4.78 is 27.2.